The molecule has 1 fully saturated rings. The van der Waals surface area contributed by atoms with E-state index in [-0.39, 0.29) is 23.8 Å². The summed E-state index contributed by atoms with van der Waals surface area (Å²) in [4.78, 5) is 23.2. The lowest BCUT2D eigenvalue weighted by Crippen LogP contribution is -2.23. The van der Waals surface area contributed by atoms with E-state index in [2.05, 4.69) is 0 Å². The summed E-state index contributed by atoms with van der Waals surface area (Å²) < 4.78 is 0. The van der Waals surface area contributed by atoms with Crippen LogP contribution < -0.4 is 4.90 Å². The first-order chi connectivity index (χ1) is 9.02. The molecule has 2 rings (SSSR count). The molecule has 2 N–H and O–H groups in total. The first kappa shape index (κ1) is 13.3. The van der Waals surface area contributed by atoms with Gasteiger partial charge in [0.25, 0.3) is 5.69 Å². The van der Waals surface area contributed by atoms with Crippen molar-refractivity contribution < 1.29 is 19.9 Å². The predicted octanol–water partition coefficient (Wildman–Crippen LogP) is 1.11. The standard InChI is InChI=1S/C12H14N2O5/c15-7-8-3-4-13(6-8)11-5-9(14(18)19)1-2-10(11)12(16)17/h1-2,5,8,15H,3-4,6-7H2,(H,16,17). The monoisotopic (exact) mass is 266 g/mol. The number of aliphatic hydroxyl groups is 1. The van der Waals surface area contributed by atoms with Crippen LogP contribution in [0, 0.1) is 16.0 Å². The van der Waals surface area contributed by atoms with Gasteiger partial charge in [0.2, 0.25) is 0 Å². The molecule has 1 heterocycles. The minimum absolute atomic E-state index is 0.0355. The molecular formula is C12H14N2O5. The fourth-order valence-electron chi connectivity index (χ4n) is 2.28. The van der Waals surface area contributed by atoms with Crippen LogP contribution in [-0.2, 0) is 0 Å². The van der Waals surface area contributed by atoms with Crippen molar-refractivity contribution in [1.29, 1.82) is 0 Å². The van der Waals surface area contributed by atoms with E-state index in [1.807, 2.05) is 0 Å². The van der Waals surface area contributed by atoms with E-state index in [0.717, 1.165) is 6.42 Å². The van der Waals surface area contributed by atoms with Gasteiger partial charge in [-0.3, -0.25) is 10.1 Å². The van der Waals surface area contributed by atoms with Crippen LogP contribution in [0.4, 0.5) is 11.4 Å². The summed E-state index contributed by atoms with van der Waals surface area (Å²) in [5.74, 6) is -1.03. The molecule has 0 spiro atoms. The number of nitro benzene ring substituents is 1. The molecular weight excluding hydrogens is 252 g/mol. The van der Waals surface area contributed by atoms with Crippen molar-refractivity contribution in [2.45, 2.75) is 6.42 Å². The number of aromatic carboxylic acids is 1. The maximum atomic E-state index is 11.2. The summed E-state index contributed by atoms with van der Waals surface area (Å²) in [5, 5.41) is 29.0. The van der Waals surface area contributed by atoms with E-state index >= 15 is 0 Å². The lowest BCUT2D eigenvalue weighted by atomic mass is 10.1. The number of carbonyl (C=O) groups is 1. The molecule has 0 radical (unpaired) electrons. The lowest BCUT2D eigenvalue weighted by Gasteiger charge is -2.20. The van der Waals surface area contributed by atoms with Gasteiger partial charge in [0.05, 0.1) is 16.2 Å². The number of non-ortho nitro benzene ring substituents is 1. The van der Waals surface area contributed by atoms with Crippen LogP contribution in [0.1, 0.15) is 16.8 Å². The first-order valence-corrected chi connectivity index (χ1v) is 5.90. The second kappa shape index (κ2) is 5.23. The zero-order chi connectivity index (χ0) is 14.0. The molecule has 7 heteroatoms. The van der Waals surface area contributed by atoms with Crippen LogP contribution in [-0.4, -0.2) is 40.8 Å². The van der Waals surface area contributed by atoms with E-state index in [0.29, 0.717) is 18.8 Å². The van der Waals surface area contributed by atoms with Gasteiger partial charge in [-0.2, -0.15) is 0 Å². The van der Waals surface area contributed by atoms with Crippen molar-refractivity contribution in [1.82, 2.24) is 0 Å². The van der Waals surface area contributed by atoms with Crippen molar-refractivity contribution >= 4 is 17.3 Å². The summed E-state index contributed by atoms with van der Waals surface area (Å²) in [6.07, 6.45) is 0.748. The number of hydrogen-bond acceptors (Lipinski definition) is 5. The summed E-state index contributed by atoms with van der Waals surface area (Å²) in [6.45, 7) is 1.14. The Labute approximate surface area is 109 Å². The first-order valence-electron chi connectivity index (χ1n) is 5.90. The highest BCUT2D eigenvalue weighted by Gasteiger charge is 2.26. The number of rotatable bonds is 4. The molecule has 102 valence electrons. The average Bonchev–Trinajstić information content (AvgIpc) is 2.86. The molecule has 1 aromatic carbocycles. The number of aliphatic hydroxyl groups excluding tert-OH is 1. The molecule has 7 nitrogen and oxygen atoms in total. The highest BCUT2D eigenvalue weighted by Crippen LogP contribution is 2.30. The third-order valence-electron chi connectivity index (χ3n) is 3.31. The van der Waals surface area contributed by atoms with E-state index in [1.165, 1.54) is 18.2 Å². The van der Waals surface area contributed by atoms with E-state index in [1.54, 1.807) is 4.90 Å². The average molecular weight is 266 g/mol. The SMILES string of the molecule is O=C(O)c1ccc([N+](=O)[O-])cc1N1CCC(CO)C1. The fraction of sp³-hybridized carbons (Fsp3) is 0.417. The number of anilines is 1. The molecule has 1 aliphatic rings. The van der Waals surface area contributed by atoms with Crippen molar-refractivity contribution in [2.24, 2.45) is 5.92 Å². The second-order valence-electron chi connectivity index (χ2n) is 4.55. The largest absolute Gasteiger partial charge is 0.478 e. The fourth-order valence-corrected chi connectivity index (χ4v) is 2.28. The van der Waals surface area contributed by atoms with Gasteiger partial charge in [0, 0.05) is 37.7 Å². The minimum Gasteiger partial charge on any atom is -0.478 e. The number of carboxylic acids is 1. The summed E-state index contributed by atoms with van der Waals surface area (Å²) >= 11 is 0. The van der Waals surface area contributed by atoms with Crippen LogP contribution in [0.25, 0.3) is 0 Å². The molecule has 0 aromatic heterocycles. The highest BCUT2D eigenvalue weighted by atomic mass is 16.6. The molecule has 0 saturated carbocycles. The zero-order valence-electron chi connectivity index (χ0n) is 10.2. The predicted molar refractivity (Wildman–Crippen MR) is 67.5 cm³/mol. The molecule has 0 amide bonds. The van der Waals surface area contributed by atoms with Gasteiger partial charge in [-0.1, -0.05) is 0 Å². The molecule has 1 unspecified atom stereocenters. The Morgan fingerprint density at radius 3 is 2.79 bits per heavy atom. The molecule has 0 bridgehead atoms. The molecule has 1 saturated heterocycles. The van der Waals surface area contributed by atoms with Gasteiger partial charge < -0.3 is 15.1 Å². The molecule has 1 aromatic rings. The Hall–Kier alpha value is -2.15. The van der Waals surface area contributed by atoms with Gasteiger partial charge in [0.1, 0.15) is 0 Å². The Bertz CT molecular complexity index is 517. The maximum absolute atomic E-state index is 11.2. The van der Waals surface area contributed by atoms with E-state index in [4.69, 9.17) is 10.2 Å². The topological polar surface area (TPSA) is 104 Å². The quantitative estimate of drug-likeness (QED) is 0.625. The summed E-state index contributed by atoms with van der Waals surface area (Å²) in [6, 6.07) is 3.72. The van der Waals surface area contributed by atoms with E-state index in [9.17, 15) is 14.9 Å². The number of carboxylic acid groups (broad SMARTS) is 1. The Kier molecular flexibility index (Phi) is 3.66. The van der Waals surface area contributed by atoms with Crippen LogP contribution >= 0.6 is 0 Å². The molecule has 0 aliphatic carbocycles. The third kappa shape index (κ3) is 2.65. The summed E-state index contributed by atoms with van der Waals surface area (Å²) in [5.41, 5.74) is 0.259. The van der Waals surface area contributed by atoms with Crippen LogP contribution in [0.3, 0.4) is 0 Å². The zero-order valence-corrected chi connectivity index (χ0v) is 10.2. The number of benzene rings is 1. The third-order valence-corrected chi connectivity index (χ3v) is 3.31. The van der Waals surface area contributed by atoms with Crippen LogP contribution in [0.5, 0.6) is 0 Å². The Morgan fingerprint density at radius 1 is 1.53 bits per heavy atom. The van der Waals surface area contributed by atoms with Crippen LogP contribution in [0.2, 0.25) is 0 Å². The van der Waals surface area contributed by atoms with Crippen molar-refractivity contribution in [3.63, 3.8) is 0 Å². The number of hydrogen-bond donors (Lipinski definition) is 2. The van der Waals surface area contributed by atoms with Gasteiger partial charge in [-0.15, -0.1) is 0 Å². The second-order valence-corrected chi connectivity index (χ2v) is 4.55. The van der Waals surface area contributed by atoms with Gasteiger partial charge in [-0.05, 0) is 12.5 Å². The Balaban J connectivity index is 2.38. The van der Waals surface area contributed by atoms with Crippen molar-refractivity contribution in [2.75, 3.05) is 24.6 Å². The normalized spacial score (nSPS) is 18.6. The van der Waals surface area contributed by atoms with Gasteiger partial charge in [0.15, 0.2) is 0 Å². The number of nitro groups is 1. The molecule has 19 heavy (non-hydrogen) atoms. The minimum atomic E-state index is -1.11. The maximum Gasteiger partial charge on any atom is 0.337 e. The lowest BCUT2D eigenvalue weighted by molar-refractivity contribution is -0.384. The Morgan fingerprint density at radius 2 is 2.26 bits per heavy atom. The number of nitrogens with zero attached hydrogens (tertiary/aromatic N) is 2. The molecule has 1 atom stereocenters. The van der Waals surface area contributed by atoms with Crippen molar-refractivity contribution in [3.05, 3.63) is 33.9 Å². The molecule has 1 aliphatic heterocycles. The van der Waals surface area contributed by atoms with Gasteiger partial charge >= 0.3 is 5.97 Å². The van der Waals surface area contributed by atoms with Crippen molar-refractivity contribution in [3.8, 4) is 0 Å². The smallest absolute Gasteiger partial charge is 0.337 e. The van der Waals surface area contributed by atoms with Crippen LogP contribution in [0.15, 0.2) is 18.2 Å². The van der Waals surface area contributed by atoms with Gasteiger partial charge in [-0.25, -0.2) is 4.79 Å². The highest BCUT2D eigenvalue weighted by molar-refractivity contribution is 5.95. The summed E-state index contributed by atoms with van der Waals surface area (Å²) in [7, 11) is 0. The van der Waals surface area contributed by atoms with E-state index < -0.39 is 10.9 Å².